The number of oxime groups is 1. The van der Waals surface area contributed by atoms with Gasteiger partial charge in [0.25, 0.3) is 0 Å². The number of allylic oxidation sites excluding steroid dienone is 1. The van der Waals surface area contributed by atoms with Gasteiger partial charge in [0.15, 0.2) is 5.84 Å². The largest absolute Gasteiger partial charge is 0.495 e. The molecule has 1 unspecified atom stereocenters. The highest BCUT2D eigenvalue weighted by Gasteiger charge is 2.44. The second-order valence-electron chi connectivity index (χ2n) is 8.94. The summed E-state index contributed by atoms with van der Waals surface area (Å²) in [5.41, 5.74) is 1.45. The number of nitrogens with one attached hydrogen (secondary N) is 2. The number of benzene rings is 2. The lowest BCUT2D eigenvalue weighted by atomic mass is 9.99. The zero-order chi connectivity index (χ0) is 24.9. The average Bonchev–Trinajstić information content (AvgIpc) is 3.11. The molecular weight excluding hydrogens is 435 g/mol. The molecule has 0 saturated carbocycles. The van der Waals surface area contributed by atoms with Gasteiger partial charge in [-0.25, -0.2) is 4.39 Å². The number of methoxy groups -OCH3 is 1. The Bertz CT molecular complexity index is 1090. The maximum absolute atomic E-state index is 13.5. The zero-order valence-corrected chi connectivity index (χ0v) is 20.5. The molecule has 0 bridgehead atoms. The molecule has 3 N–H and O–H groups in total. The summed E-state index contributed by atoms with van der Waals surface area (Å²) in [7, 11) is 3.48. The van der Waals surface area contributed by atoms with Crippen LogP contribution in [-0.2, 0) is 10.6 Å². The number of halogens is 1. The number of ether oxygens (including phenoxy) is 1. The monoisotopic (exact) mass is 468 g/mol. The Labute approximate surface area is 200 Å². The Hall–Kier alpha value is -3.52. The number of hydrogen-bond acceptors (Lipinski definition) is 7. The number of aliphatic hydroxyl groups is 1. The molecule has 8 heteroatoms. The second-order valence-corrected chi connectivity index (χ2v) is 8.94. The molecule has 0 spiro atoms. The van der Waals surface area contributed by atoms with Gasteiger partial charge in [-0.05, 0) is 56.7 Å². The van der Waals surface area contributed by atoms with Gasteiger partial charge in [0.1, 0.15) is 11.6 Å². The molecule has 1 aliphatic rings. The lowest BCUT2D eigenvalue weighted by Gasteiger charge is -2.37. The van der Waals surface area contributed by atoms with Crippen molar-refractivity contribution in [2.24, 2.45) is 5.16 Å². The van der Waals surface area contributed by atoms with Gasteiger partial charge in [-0.1, -0.05) is 29.4 Å². The molecule has 0 fully saturated rings. The van der Waals surface area contributed by atoms with Crippen molar-refractivity contribution in [1.82, 2.24) is 10.2 Å². The zero-order valence-electron chi connectivity index (χ0n) is 20.5. The number of β-amino-alcohol motifs (C(OH)–C–C–N with tert-alkyl or cyclic N) is 1. The van der Waals surface area contributed by atoms with Crippen molar-refractivity contribution < 1.29 is 19.1 Å². The van der Waals surface area contributed by atoms with Gasteiger partial charge in [0.2, 0.25) is 5.72 Å². The van der Waals surface area contributed by atoms with E-state index in [1.54, 1.807) is 33.1 Å². The van der Waals surface area contributed by atoms with Crippen LogP contribution in [0.25, 0.3) is 6.08 Å². The second kappa shape index (κ2) is 10.2. The molecule has 1 heterocycles. The fourth-order valence-electron chi connectivity index (χ4n) is 3.52. The third-order valence-electron chi connectivity index (χ3n) is 5.52. The van der Waals surface area contributed by atoms with Crippen LogP contribution in [0.1, 0.15) is 38.8 Å². The van der Waals surface area contributed by atoms with Crippen LogP contribution in [0.5, 0.6) is 5.75 Å². The quantitative estimate of drug-likeness (QED) is 0.498. The van der Waals surface area contributed by atoms with E-state index >= 15 is 0 Å². The molecule has 182 valence electrons. The van der Waals surface area contributed by atoms with E-state index in [1.807, 2.05) is 62.3 Å². The number of amidine groups is 1. The maximum Gasteiger partial charge on any atom is 0.234 e. The Kier molecular flexibility index (Phi) is 7.51. The highest BCUT2D eigenvalue weighted by Crippen LogP contribution is 2.36. The van der Waals surface area contributed by atoms with Gasteiger partial charge >= 0.3 is 0 Å². The Morgan fingerprint density at radius 1 is 1.24 bits per heavy atom. The van der Waals surface area contributed by atoms with E-state index in [0.29, 0.717) is 11.6 Å². The molecule has 2 aromatic rings. The fraction of sp³-hybridized carbons (Fsp3) is 0.346. The number of nitrogens with zero attached hydrogens (tertiary/aromatic N) is 2. The van der Waals surface area contributed by atoms with Crippen LogP contribution in [0.4, 0.5) is 10.1 Å². The van der Waals surface area contributed by atoms with Gasteiger partial charge in [-0.2, -0.15) is 0 Å². The summed E-state index contributed by atoms with van der Waals surface area (Å²) in [5.74, 6) is 0.906. The van der Waals surface area contributed by atoms with Gasteiger partial charge < -0.3 is 30.2 Å². The molecule has 0 amide bonds. The lowest BCUT2D eigenvalue weighted by molar-refractivity contribution is -0.109. The smallest absolute Gasteiger partial charge is 0.234 e. The lowest BCUT2D eigenvalue weighted by Crippen LogP contribution is -2.49. The minimum atomic E-state index is -1.01. The van der Waals surface area contributed by atoms with E-state index in [1.165, 1.54) is 12.1 Å². The highest BCUT2D eigenvalue weighted by atomic mass is 19.1. The minimum absolute atomic E-state index is 0.257. The van der Waals surface area contributed by atoms with E-state index in [9.17, 15) is 9.50 Å². The predicted molar refractivity (Wildman–Crippen MR) is 134 cm³/mol. The van der Waals surface area contributed by atoms with E-state index in [-0.39, 0.29) is 12.4 Å². The first-order valence-corrected chi connectivity index (χ1v) is 11.0. The molecular formula is C26H33FN4O3. The molecule has 7 nitrogen and oxygen atoms in total. The highest BCUT2D eigenvalue weighted by molar-refractivity contribution is 5.97. The summed E-state index contributed by atoms with van der Waals surface area (Å²) in [4.78, 5) is 7.71. The molecule has 34 heavy (non-hydrogen) atoms. The van der Waals surface area contributed by atoms with Crippen LogP contribution in [0, 0.1) is 5.82 Å². The van der Waals surface area contributed by atoms with Crippen molar-refractivity contribution in [3.05, 3.63) is 77.4 Å². The summed E-state index contributed by atoms with van der Waals surface area (Å²) in [6.07, 6.45) is 5.59. The van der Waals surface area contributed by atoms with Crippen LogP contribution in [-0.4, -0.2) is 42.1 Å². The Balaban J connectivity index is 1.87. The first kappa shape index (κ1) is 25.1. The summed E-state index contributed by atoms with van der Waals surface area (Å²) in [6.45, 7) is 7.51. The van der Waals surface area contributed by atoms with E-state index in [2.05, 4.69) is 15.8 Å². The van der Waals surface area contributed by atoms with Gasteiger partial charge in [-0.15, -0.1) is 0 Å². The van der Waals surface area contributed by atoms with E-state index in [4.69, 9.17) is 9.57 Å². The van der Waals surface area contributed by atoms with E-state index < -0.39 is 11.3 Å². The standard InChI is InChI=1S/C26H33FN4O3/c1-18(28-5)16-29-22-13-7-19(15-23(22)33-6)8-14-24-30-34-26(4,31(24)17-25(2,3)32)20-9-11-21(27)12-10-20/h7-16,28-29,32H,17H2,1-6H3/b14-8+,18-16-. The third-order valence-corrected chi connectivity index (χ3v) is 5.52. The third kappa shape index (κ3) is 5.88. The fourth-order valence-corrected chi connectivity index (χ4v) is 3.52. The molecule has 0 aromatic heterocycles. The predicted octanol–water partition coefficient (Wildman–Crippen LogP) is 4.63. The number of anilines is 1. The van der Waals surface area contributed by atoms with Crippen LogP contribution in [0.3, 0.4) is 0 Å². The first-order chi connectivity index (χ1) is 16.1. The van der Waals surface area contributed by atoms with Crippen LogP contribution in [0.15, 0.2) is 65.6 Å². The molecule has 1 aliphatic heterocycles. The summed E-state index contributed by atoms with van der Waals surface area (Å²) < 4.78 is 19.0. The first-order valence-electron chi connectivity index (χ1n) is 11.0. The Morgan fingerprint density at radius 3 is 2.56 bits per heavy atom. The molecule has 0 saturated heterocycles. The summed E-state index contributed by atoms with van der Waals surface area (Å²) in [5, 5.41) is 21.1. The van der Waals surface area contributed by atoms with Gasteiger partial charge in [0, 0.05) is 31.4 Å². The summed E-state index contributed by atoms with van der Waals surface area (Å²) in [6, 6.07) is 11.9. The molecule has 3 rings (SSSR count). The van der Waals surface area contributed by atoms with Crippen LogP contribution < -0.4 is 15.4 Å². The average molecular weight is 469 g/mol. The SMILES string of the molecule is CN/C(C)=C\Nc1ccc(/C=C/C2=NOC(C)(c3ccc(F)cc3)N2CC(C)(C)O)cc1OC. The van der Waals surface area contributed by atoms with Crippen molar-refractivity contribution in [1.29, 1.82) is 0 Å². The number of rotatable bonds is 9. The van der Waals surface area contributed by atoms with Crippen LogP contribution >= 0.6 is 0 Å². The van der Waals surface area contributed by atoms with Crippen molar-refractivity contribution >= 4 is 17.6 Å². The van der Waals surface area contributed by atoms with Crippen molar-refractivity contribution in [3.8, 4) is 5.75 Å². The van der Waals surface area contributed by atoms with E-state index in [0.717, 1.165) is 22.5 Å². The molecule has 0 aliphatic carbocycles. The van der Waals surface area contributed by atoms with Gasteiger partial charge in [0.05, 0.1) is 24.9 Å². The topological polar surface area (TPSA) is 78.4 Å². The van der Waals surface area contributed by atoms with Crippen molar-refractivity contribution in [3.63, 3.8) is 0 Å². The molecule has 0 radical (unpaired) electrons. The van der Waals surface area contributed by atoms with Crippen molar-refractivity contribution in [2.75, 3.05) is 26.0 Å². The Morgan fingerprint density at radius 2 is 1.94 bits per heavy atom. The minimum Gasteiger partial charge on any atom is -0.495 e. The number of hydrogen-bond donors (Lipinski definition) is 3. The van der Waals surface area contributed by atoms with Crippen LogP contribution in [0.2, 0.25) is 0 Å². The van der Waals surface area contributed by atoms with Crippen molar-refractivity contribution in [2.45, 2.75) is 39.0 Å². The normalized spacial score (nSPS) is 18.6. The maximum atomic E-state index is 13.5. The summed E-state index contributed by atoms with van der Waals surface area (Å²) >= 11 is 0. The molecule has 2 aromatic carbocycles. The van der Waals surface area contributed by atoms with Gasteiger partial charge in [-0.3, -0.25) is 0 Å². The molecule has 1 atom stereocenters.